The van der Waals surface area contributed by atoms with Crippen molar-refractivity contribution < 1.29 is 18.3 Å². The molecule has 0 radical (unpaired) electrons. The van der Waals surface area contributed by atoms with E-state index in [0.29, 0.717) is 22.8 Å². The topological polar surface area (TPSA) is 84.8 Å². The van der Waals surface area contributed by atoms with Gasteiger partial charge in [0.05, 0.1) is 30.2 Å². The summed E-state index contributed by atoms with van der Waals surface area (Å²) in [5, 5.41) is 9.86. The first-order valence-electron chi connectivity index (χ1n) is 9.70. The third kappa shape index (κ3) is 3.86. The van der Waals surface area contributed by atoms with Crippen molar-refractivity contribution in [2.24, 2.45) is 5.92 Å². The maximum atomic E-state index is 13.8. The van der Waals surface area contributed by atoms with Crippen molar-refractivity contribution in [1.82, 2.24) is 19.7 Å². The van der Waals surface area contributed by atoms with Crippen molar-refractivity contribution in [2.45, 2.75) is 19.9 Å². The Hall–Kier alpha value is -3.75. The Morgan fingerprint density at radius 1 is 1.16 bits per heavy atom. The summed E-state index contributed by atoms with van der Waals surface area (Å²) in [5.74, 6) is -1.48. The van der Waals surface area contributed by atoms with E-state index in [1.807, 2.05) is 38.1 Å². The molecule has 4 aromatic rings. The first kappa shape index (κ1) is 20.5. The zero-order valence-electron chi connectivity index (χ0n) is 17.2. The minimum Gasteiger partial charge on any atom is -0.496 e. The van der Waals surface area contributed by atoms with Crippen LogP contribution in [0.3, 0.4) is 0 Å². The van der Waals surface area contributed by atoms with Gasteiger partial charge in [0.25, 0.3) is 0 Å². The van der Waals surface area contributed by atoms with Gasteiger partial charge in [-0.15, -0.1) is 0 Å². The SMILES string of the molecule is COc1ccccc1-c1cc(NC(=O)C(C(C)C)n2cnc3cc(F)c(F)cc32)n[nH]1. The molecule has 2 heterocycles. The van der Waals surface area contributed by atoms with Crippen molar-refractivity contribution in [1.29, 1.82) is 0 Å². The molecule has 0 aliphatic heterocycles. The number of rotatable bonds is 6. The maximum Gasteiger partial charge on any atom is 0.248 e. The van der Waals surface area contributed by atoms with E-state index in [2.05, 4.69) is 20.5 Å². The first-order chi connectivity index (χ1) is 14.9. The Labute approximate surface area is 177 Å². The van der Waals surface area contributed by atoms with Crippen LogP contribution in [0.15, 0.2) is 48.8 Å². The Bertz CT molecular complexity index is 1250. The smallest absolute Gasteiger partial charge is 0.248 e. The van der Waals surface area contributed by atoms with Gasteiger partial charge in [0, 0.05) is 23.8 Å². The highest BCUT2D eigenvalue weighted by Crippen LogP contribution is 2.30. The number of benzene rings is 2. The highest BCUT2D eigenvalue weighted by atomic mass is 19.2. The van der Waals surface area contributed by atoms with E-state index >= 15 is 0 Å². The molecule has 1 amide bonds. The number of hydrogen-bond acceptors (Lipinski definition) is 4. The van der Waals surface area contributed by atoms with E-state index in [9.17, 15) is 13.6 Å². The first-order valence-corrected chi connectivity index (χ1v) is 9.70. The van der Waals surface area contributed by atoms with E-state index in [-0.39, 0.29) is 17.3 Å². The lowest BCUT2D eigenvalue weighted by Gasteiger charge is -2.22. The van der Waals surface area contributed by atoms with Crippen LogP contribution in [0.25, 0.3) is 22.3 Å². The fourth-order valence-corrected chi connectivity index (χ4v) is 3.59. The molecule has 31 heavy (non-hydrogen) atoms. The second-order valence-corrected chi connectivity index (χ2v) is 7.45. The van der Waals surface area contributed by atoms with Gasteiger partial charge in [-0.1, -0.05) is 26.0 Å². The average Bonchev–Trinajstić information content (AvgIpc) is 3.36. The minimum atomic E-state index is -0.995. The van der Waals surface area contributed by atoms with Crippen molar-refractivity contribution in [3.63, 3.8) is 0 Å². The molecule has 0 fully saturated rings. The zero-order valence-corrected chi connectivity index (χ0v) is 17.2. The molecule has 2 aromatic carbocycles. The fraction of sp³-hybridized carbons (Fsp3) is 0.227. The molecule has 1 unspecified atom stereocenters. The van der Waals surface area contributed by atoms with Gasteiger partial charge in [0.15, 0.2) is 17.5 Å². The van der Waals surface area contributed by atoms with Gasteiger partial charge in [-0.25, -0.2) is 13.8 Å². The number of fused-ring (bicyclic) bond motifs is 1. The second-order valence-electron chi connectivity index (χ2n) is 7.45. The molecule has 0 bridgehead atoms. The van der Waals surface area contributed by atoms with E-state index in [1.54, 1.807) is 17.7 Å². The molecule has 4 rings (SSSR count). The van der Waals surface area contributed by atoms with Crippen LogP contribution in [0.2, 0.25) is 0 Å². The van der Waals surface area contributed by atoms with Crippen molar-refractivity contribution in [3.8, 4) is 17.0 Å². The number of imidazole rings is 1. The quantitative estimate of drug-likeness (QED) is 0.475. The molecule has 0 aliphatic rings. The molecule has 0 saturated carbocycles. The summed E-state index contributed by atoms with van der Waals surface area (Å²) in [6.45, 7) is 3.72. The largest absolute Gasteiger partial charge is 0.496 e. The summed E-state index contributed by atoms with van der Waals surface area (Å²) in [4.78, 5) is 17.2. The van der Waals surface area contributed by atoms with Gasteiger partial charge in [-0.2, -0.15) is 5.10 Å². The van der Waals surface area contributed by atoms with Crippen LogP contribution in [0.4, 0.5) is 14.6 Å². The summed E-state index contributed by atoms with van der Waals surface area (Å²) in [6.07, 6.45) is 1.42. The monoisotopic (exact) mass is 425 g/mol. The number of nitrogens with zero attached hydrogens (tertiary/aromatic N) is 3. The summed E-state index contributed by atoms with van der Waals surface area (Å²) in [5.41, 5.74) is 2.09. The number of aromatic amines is 1. The van der Waals surface area contributed by atoms with Crippen LogP contribution < -0.4 is 10.1 Å². The van der Waals surface area contributed by atoms with Crippen LogP contribution in [0, 0.1) is 17.6 Å². The van der Waals surface area contributed by atoms with E-state index < -0.39 is 17.7 Å². The van der Waals surface area contributed by atoms with Gasteiger partial charge in [0.1, 0.15) is 11.8 Å². The summed E-state index contributed by atoms with van der Waals surface area (Å²) in [7, 11) is 1.58. The number of anilines is 1. The highest BCUT2D eigenvalue weighted by Gasteiger charge is 2.27. The number of para-hydroxylation sites is 1. The highest BCUT2D eigenvalue weighted by molar-refractivity contribution is 5.94. The number of carbonyl (C=O) groups excluding carboxylic acids is 1. The normalized spacial score (nSPS) is 12.3. The van der Waals surface area contributed by atoms with Crippen LogP contribution in [0.5, 0.6) is 5.75 Å². The minimum absolute atomic E-state index is 0.154. The number of carbonyl (C=O) groups is 1. The molecule has 2 aromatic heterocycles. The number of aromatic nitrogens is 4. The van der Waals surface area contributed by atoms with E-state index in [0.717, 1.165) is 17.7 Å². The van der Waals surface area contributed by atoms with E-state index in [1.165, 1.54) is 6.33 Å². The number of amides is 1. The standard InChI is InChI=1S/C22H21F2N5O2/c1-12(2)21(29-11-25-17-8-14(23)15(24)9-18(17)29)22(30)26-20-10-16(27-28-20)13-6-4-5-7-19(13)31-3/h4-12,21H,1-3H3,(H2,26,27,28,30). The van der Waals surface area contributed by atoms with Crippen LogP contribution >= 0.6 is 0 Å². The molecular formula is C22H21F2N5O2. The molecule has 9 heteroatoms. The Balaban J connectivity index is 1.63. The number of ether oxygens (including phenoxy) is 1. The lowest BCUT2D eigenvalue weighted by Crippen LogP contribution is -2.29. The lowest BCUT2D eigenvalue weighted by molar-refractivity contribution is -0.120. The number of halogens is 2. The Kier molecular flexibility index (Phi) is 5.41. The van der Waals surface area contributed by atoms with Crippen LogP contribution in [-0.4, -0.2) is 32.8 Å². The molecule has 0 aliphatic carbocycles. The molecule has 1 atom stereocenters. The number of H-pyrrole nitrogens is 1. The van der Waals surface area contributed by atoms with E-state index in [4.69, 9.17) is 4.74 Å². The Morgan fingerprint density at radius 2 is 1.90 bits per heavy atom. The predicted molar refractivity (Wildman–Crippen MR) is 113 cm³/mol. The van der Waals surface area contributed by atoms with Gasteiger partial charge >= 0.3 is 0 Å². The zero-order chi connectivity index (χ0) is 22.1. The summed E-state index contributed by atoms with van der Waals surface area (Å²) < 4.78 is 34.3. The van der Waals surface area contributed by atoms with Crippen molar-refractivity contribution in [3.05, 3.63) is 60.4 Å². The molecule has 160 valence electrons. The van der Waals surface area contributed by atoms with Crippen LogP contribution in [0.1, 0.15) is 19.9 Å². The van der Waals surface area contributed by atoms with Gasteiger partial charge in [0.2, 0.25) is 5.91 Å². The number of nitrogens with one attached hydrogen (secondary N) is 2. The lowest BCUT2D eigenvalue weighted by atomic mass is 10.0. The predicted octanol–water partition coefficient (Wildman–Crippen LogP) is 4.55. The van der Waals surface area contributed by atoms with Crippen molar-refractivity contribution in [2.75, 3.05) is 12.4 Å². The molecule has 0 spiro atoms. The molecular weight excluding hydrogens is 404 g/mol. The second kappa shape index (κ2) is 8.17. The van der Waals surface area contributed by atoms with Crippen molar-refractivity contribution >= 4 is 22.8 Å². The molecule has 7 nitrogen and oxygen atoms in total. The fourth-order valence-electron chi connectivity index (χ4n) is 3.59. The van der Waals surface area contributed by atoms with Gasteiger partial charge in [-0.3, -0.25) is 9.89 Å². The third-order valence-corrected chi connectivity index (χ3v) is 5.04. The molecule has 0 saturated heterocycles. The molecule has 2 N–H and O–H groups in total. The third-order valence-electron chi connectivity index (χ3n) is 5.04. The maximum absolute atomic E-state index is 13.8. The summed E-state index contributed by atoms with van der Waals surface area (Å²) >= 11 is 0. The number of hydrogen-bond donors (Lipinski definition) is 2. The average molecular weight is 425 g/mol. The van der Waals surface area contributed by atoms with Crippen LogP contribution in [-0.2, 0) is 4.79 Å². The van der Waals surface area contributed by atoms with Gasteiger partial charge in [-0.05, 0) is 18.1 Å². The number of methoxy groups -OCH3 is 1. The summed E-state index contributed by atoms with van der Waals surface area (Å²) in [6, 6.07) is 10.5. The van der Waals surface area contributed by atoms with Gasteiger partial charge < -0.3 is 14.6 Å². The Morgan fingerprint density at radius 3 is 2.65 bits per heavy atom.